The number of aromatic nitrogens is 1. The molecule has 0 atom stereocenters. The van der Waals surface area contributed by atoms with Gasteiger partial charge in [0.25, 0.3) is 0 Å². The summed E-state index contributed by atoms with van der Waals surface area (Å²) in [5.74, 6) is 1.55. The molecule has 0 saturated carbocycles. The van der Waals surface area contributed by atoms with Crippen LogP contribution in [0.3, 0.4) is 0 Å². The largest absolute Gasteiger partial charge is 0.497 e. The first-order valence-corrected chi connectivity index (χ1v) is 6.10. The molecule has 2 rings (SSSR count). The van der Waals surface area contributed by atoms with E-state index in [1.807, 2.05) is 29.6 Å². The molecule has 0 aliphatic carbocycles. The molecule has 2 aromatic rings. The summed E-state index contributed by atoms with van der Waals surface area (Å²) < 4.78 is 10.7. The molecule has 0 spiro atoms. The quantitative estimate of drug-likeness (QED) is 0.883. The molecule has 0 radical (unpaired) electrons. The van der Waals surface area contributed by atoms with E-state index in [1.54, 1.807) is 18.4 Å². The molecule has 1 heterocycles. The number of nitrogens with two attached hydrogens (primary N) is 1. The number of ether oxygens (including phenoxy) is 2. The third-order valence-electron chi connectivity index (χ3n) is 2.20. The average Bonchev–Trinajstić information content (AvgIpc) is 2.84. The van der Waals surface area contributed by atoms with Crippen LogP contribution in [-0.2, 0) is 13.2 Å². The molecule has 0 unspecified atom stereocenters. The van der Waals surface area contributed by atoms with Gasteiger partial charge >= 0.3 is 0 Å². The Morgan fingerprint density at radius 3 is 2.88 bits per heavy atom. The van der Waals surface area contributed by atoms with Gasteiger partial charge in [0.1, 0.15) is 23.1 Å². The van der Waals surface area contributed by atoms with E-state index in [9.17, 15) is 0 Å². The van der Waals surface area contributed by atoms with Crippen LogP contribution in [0.1, 0.15) is 10.7 Å². The lowest BCUT2D eigenvalue weighted by Gasteiger charge is -2.05. The zero-order chi connectivity index (χ0) is 12.1. The molecular weight excluding hydrogens is 236 g/mol. The van der Waals surface area contributed by atoms with Gasteiger partial charge in [-0.15, -0.1) is 11.3 Å². The maximum atomic E-state index is 5.62. The molecule has 2 N–H and O–H groups in total. The molecule has 0 aliphatic heterocycles. The lowest BCUT2D eigenvalue weighted by molar-refractivity contribution is 0.299. The van der Waals surface area contributed by atoms with E-state index < -0.39 is 0 Å². The van der Waals surface area contributed by atoms with Crippen LogP contribution in [0.2, 0.25) is 0 Å². The molecule has 0 bridgehead atoms. The van der Waals surface area contributed by atoms with Gasteiger partial charge in [0.15, 0.2) is 0 Å². The second-order valence-corrected chi connectivity index (χ2v) is 4.35. The number of hydrogen-bond acceptors (Lipinski definition) is 5. The zero-order valence-electron chi connectivity index (χ0n) is 9.55. The first-order chi connectivity index (χ1) is 8.31. The molecule has 0 amide bonds. The van der Waals surface area contributed by atoms with Crippen molar-refractivity contribution in [2.75, 3.05) is 7.11 Å². The molecule has 1 aromatic heterocycles. The number of methoxy groups -OCH3 is 1. The molecule has 4 nitrogen and oxygen atoms in total. The molecule has 5 heteroatoms. The van der Waals surface area contributed by atoms with Crippen LogP contribution in [0.15, 0.2) is 29.6 Å². The molecule has 90 valence electrons. The summed E-state index contributed by atoms with van der Waals surface area (Å²) in [7, 11) is 1.63. The first-order valence-electron chi connectivity index (χ1n) is 5.22. The predicted molar refractivity (Wildman–Crippen MR) is 67.3 cm³/mol. The van der Waals surface area contributed by atoms with Crippen molar-refractivity contribution >= 4 is 11.3 Å². The Kier molecular flexibility index (Phi) is 3.95. The minimum atomic E-state index is 0.448. The number of nitrogens with zero attached hydrogens (tertiary/aromatic N) is 1. The van der Waals surface area contributed by atoms with E-state index in [1.165, 1.54) is 0 Å². The van der Waals surface area contributed by atoms with Gasteiger partial charge < -0.3 is 15.2 Å². The fraction of sp³-hybridized carbons (Fsp3) is 0.250. The van der Waals surface area contributed by atoms with Crippen LogP contribution >= 0.6 is 11.3 Å². The van der Waals surface area contributed by atoms with Crippen LogP contribution < -0.4 is 15.2 Å². The Morgan fingerprint density at radius 2 is 2.18 bits per heavy atom. The van der Waals surface area contributed by atoms with E-state index in [2.05, 4.69) is 4.98 Å². The van der Waals surface area contributed by atoms with Gasteiger partial charge in [-0.3, -0.25) is 0 Å². The van der Waals surface area contributed by atoms with Crippen LogP contribution in [0.25, 0.3) is 0 Å². The minimum Gasteiger partial charge on any atom is -0.497 e. The summed E-state index contributed by atoms with van der Waals surface area (Å²) in [6.45, 7) is 0.924. The summed E-state index contributed by atoms with van der Waals surface area (Å²) in [4.78, 5) is 4.32. The highest BCUT2D eigenvalue weighted by Gasteiger charge is 2.02. The molecule has 0 saturated heterocycles. The Morgan fingerprint density at radius 1 is 1.35 bits per heavy atom. The fourth-order valence-corrected chi connectivity index (χ4v) is 2.02. The summed E-state index contributed by atoms with van der Waals surface area (Å²) in [6.07, 6.45) is 0. The van der Waals surface area contributed by atoms with Crippen molar-refractivity contribution in [2.24, 2.45) is 5.73 Å². The minimum absolute atomic E-state index is 0.448. The van der Waals surface area contributed by atoms with Crippen molar-refractivity contribution < 1.29 is 9.47 Å². The van der Waals surface area contributed by atoms with E-state index in [-0.39, 0.29) is 0 Å². The van der Waals surface area contributed by atoms with E-state index >= 15 is 0 Å². The van der Waals surface area contributed by atoms with Gasteiger partial charge in [-0.05, 0) is 12.1 Å². The van der Waals surface area contributed by atoms with Crippen LogP contribution in [0.5, 0.6) is 11.5 Å². The van der Waals surface area contributed by atoms with Gasteiger partial charge in [-0.1, -0.05) is 6.07 Å². The van der Waals surface area contributed by atoms with Crippen LogP contribution in [0.4, 0.5) is 0 Å². The maximum Gasteiger partial charge on any atom is 0.131 e. The zero-order valence-corrected chi connectivity index (χ0v) is 10.4. The third kappa shape index (κ3) is 3.18. The monoisotopic (exact) mass is 250 g/mol. The summed E-state index contributed by atoms with van der Waals surface area (Å²) in [5.41, 5.74) is 6.40. The summed E-state index contributed by atoms with van der Waals surface area (Å²) in [5, 5.41) is 2.89. The Bertz CT molecular complexity index is 485. The number of hydrogen-bond donors (Lipinski definition) is 1. The van der Waals surface area contributed by atoms with Crippen molar-refractivity contribution in [1.82, 2.24) is 4.98 Å². The Balaban J connectivity index is 1.96. The van der Waals surface area contributed by atoms with Crippen molar-refractivity contribution in [3.63, 3.8) is 0 Å². The van der Waals surface area contributed by atoms with E-state index in [0.29, 0.717) is 13.2 Å². The van der Waals surface area contributed by atoms with Crippen molar-refractivity contribution in [2.45, 2.75) is 13.2 Å². The van der Waals surface area contributed by atoms with Gasteiger partial charge in [0.2, 0.25) is 0 Å². The van der Waals surface area contributed by atoms with Gasteiger partial charge in [0.05, 0.1) is 12.8 Å². The average molecular weight is 250 g/mol. The molecule has 1 aromatic carbocycles. The number of benzene rings is 1. The third-order valence-corrected chi connectivity index (χ3v) is 3.12. The molecule has 0 aliphatic rings. The van der Waals surface area contributed by atoms with E-state index in [0.717, 1.165) is 22.2 Å². The first kappa shape index (κ1) is 11.9. The highest BCUT2D eigenvalue weighted by Crippen LogP contribution is 2.20. The molecule has 17 heavy (non-hydrogen) atoms. The van der Waals surface area contributed by atoms with Crippen molar-refractivity contribution in [3.05, 3.63) is 40.3 Å². The molecule has 0 fully saturated rings. The Hall–Kier alpha value is -1.59. The second-order valence-electron chi connectivity index (χ2n) is 3.40. The maximum absolute atomic E-state index is 5.62. The lowest BCUT2D eigenvalue weighted by Crippen LogP contribution is -1.99. The topological polar surface area (TPSA) is 57.4 Å². The highest BCUT2D eigenvalue weighted by molar-refractivity contribution is 7.09. The highest BCUT2D eigenvalue weighted by atomic mass is 32.1. The van der Waals surface area contributed by atoms with E-state index in [4.69, 9.17) is 15.2 Å². The predicted octanol–water partition coefficient (Wildman–Crippen LogP) is 2.19. The van der Waals surface area contributed by atoms with Crippen LogP contribution in [0, 0.1) is 0 Å². The molecular formula is C12H14N2O2S. The van der Waals surface area contributed by atoms with Gasteiger partial charge in [0, 0.05) is 18.0 Å². The fourth-order valence-electron chi connectivity index (χ4n) is 1.36. The van der Waals surface area contributed by atoms with Gasteiger partial charge in [-0.25, -0.2) is 4.98 Å². The smallest absolute Gasteiger partial charge is 0.131 e. The second kappa shape index (κ2) is 5.65. The lowest BCUT2D eigenvalue weighted by atomic mass is 10.3. The van der Waals surface area contributed by atoms with Crippen LogP contribution in [-0.4, -0.2) is 12.1 Å². The summed E-state index contributed by atoms with van der Waals surface area (Å²) >= 11 is 1.55. The summed E-state index contributed by atoms with van der Waals surface area (Å²) in [6, 6.07) is 7.50. The Labute approximate surface area is 104 Å². The number of thiazole rings is 1. The van der Waals surface area contributed by atoms with Crippen molar-refractivity contribution in [3.8, 4) is 11.5 Å². The SMILES string of the molecule is COc1cccc(OCc2csc(CN)n2)c1. The normalized spacial score (nSPS) is 10.2. The number of rotatable bonds is 5. The van der Waals surface area contributed by atoms with Gasteiger partial charge in [-0.2, -0.15) is 0 Å². The van der Waals surface area contributed by atoms with Crippen molar-refractivity contribution in [1.29, 1.82) is 0 Å². The standard InChI is InChI=1S/C12H14N2O2S/c1-15-10-3-2-4-11(5-10)16-7-9-8-17-12(6-13)14-9/h2-5,8H,6-7,13H2,1H3.